The van der Waals surface area contributed by atoms with Gasteiger partial charge in [0.25, 0.3) is 0 Å². The molecule has 122 valence electrons. The highest BCUT2D eigenvalue weighted by atomic mass is 16.5. The molecule has 2 rings (SSSR count). The van der Waals surface area contributed by atoms with Crippen molar-refractivity contribution in [1.29, 1.82) is 0 Å². The average Bonchev–Trinajstić information content (AvgIpc) is 2.58. The van der Waals surface area contributed by atoms with Crippen molar-refractivity contribution in [2.24, 2.45) is 4.99 Å². The molecule has 0 unspecified atom stereocenters. The van der Waals surface area contributed by atoms with Crippen molar-refractivity contribution in [3.63, 3.8) is 0 Å². The summed E-state index contributed by atoms with van der Waals surface area (Å²) in [6.07, 6.45) is 1.81. The third-order valence-corrected chi connectivity index (χ3v) is 3.54. The number of benzene rings is 1. The number of pyridine rings is 1. The third-order valence-electron chi connectivity index (χ3n) is 3.54. The van der Waals surface area contributed by atoms with Gasteiger partial charge in [0.05, 0.1) is 18.8 Å². The van der Waals surface area contributed by atoms with E-state index in [1.807, 2.05) is 54.5 Å². The maximum Gasteiger partial charge on any atom is 0.193 e. The van der Waals surface area contributed by atoms with Crippen molar-refractivity contribution in [1.82, 2.24) is 15.2 Å². The molecule has 0 bridgehead atoms. The zero-order valence-corrected chi connectivity index (χ0v) is 14.0. The predicted molar refractivity (Wildman–Crippen MR) is 93.7 cm³/mol. The van der Waals surface area contributed by atoms with Crippen LogP contribution in [0.5, 0.6) is 5.75 Å². The normalized spacial score (nSPS) is 11.2. The van der Waals surface area contributed by atoms with E-state index >= 15 is 0 Å². The molecule has 0 amide bonds. The standard InChI is InChI=1S/C18H24N4O/c1-15-8-7-11-20-17(15)14-21-18(19-2)22(3)12-13-23-16-9-5-4-6-10-16/h4-11H,12-14H2,1-3H3,(H,19,21). The van der Waals surface area contributed by atoms with Crippen LogP contribution in [0.4, 0.5) is 0 Å². The number of hydrogen-bond acceptors (Lipinski definition) is 3. The molecule has 23 heavy (non-hydrogen) atoms. The molecule has 0 atom stereocenters. The fourth-order valence-corrected chi connectivity index (χ4v) is 2.17. The molecule has 0 spiro atoms. The molecule has 5 nitrogen and oxygen atoms in total. The number of aryl methyl sites for hydroxylation is 1. The largest absolute Gasteiger partial charge is 0.492 e. The number of hydrogen-bond donors (Lipinski definition) is 1. The lowest BCUT2D eigenvalue weighted by Gasteiger charge is -2.22. The number of nitrogens with zero attached hydrogens (tertiary/aromatic N) is 3. The van der Waals surface area contributed by atoms with Crippen molar-refractivity contribution in [2.45, 2.75) is 13.5 Å². The number of ether oxygens (including phenoxy) is 1. The van der Waals surface area contributed by atoms with E-state index in [9.17, 15) is 0 Å². The second-order valence-electron chi connectivity index (χ2n) is 5.25. The first-order valence-corrected chi connectivity index (χ1v) is 7.71. The molecule has 5 heteroatoms. The Bertz CT molecular complexity index is 628. The first-order chi connectivity index (χ1) is 11.2. The Morgan fingerprint density at radius 3 is 2.70 bits per heavy atom. The quantitative estimate of drug-likeness (QED) is 0.657. The number of rotatable bonds is 6. The molecule has 1 N–H and O–H groups in total. The first kappa shape index (κ1) is 16.8. The van der Waals surface area contributed by atoms with E-state index in [1.165, 1.54) is 5.56 Å². The van der Waals surface area contributed by atoms with E-state index < -0.39 is 0 Å². The van der Waals surface area contributed by atoms with Gasteiger partial charge in [0.1, 0.15) is 12.4 Å². The predicted octanol–water partition coefficient (Wildman–Crippen LogP) is 2.48. The molecule has 0 saturated heterocycles. The monoisotopic (exact) mass is 312 g/mol. The fourth-order valence-electron chi connectivity index (χ4n) is 2.17. The van der Waals surface area contributed by atoms with Crippen LogP contribution in [-0.2, 0) is 6.54 Å². The van der Waals surface area contributed by atoms with Crippen LogP contribution in [0.1, 0.15) is 11.3 Å². The van der Waals surface area contributed by atoms with Gasteiger partial charge < -0.3 is 15.0 Å². The number of aliphatic imine (C=N–C) groups is 1. The Hall–Kier alpha value is -2.56. The molecule has 0 aliphatic rings. The van der Waals surface area contributed by atoms with Crippen LogP contribution in [0.15, 0.2) is 53.7 Å². The molecule has 0 saturated carbocycles. The summed E-state index contributed by atoms with van der Waals surface area (Å²) in [6, 6.07) is 13.8. The summed E-state index contributed by atoms with van der Waals surface area (Å²) >= 11 is 0. The maximum atomic E-state index is 5.72. The summed E-state index contributed by atoms with van der Waals surface area (Å²) in [5, 5.41) is 3.33. The van der Waals surface area contributed by atoms with Gasteiger partial charge in [0, 0.05) is 20.3 Å². The van der Waals surface area contributed by atoms with Crippen LogP contribution in [-0.4, -0.2) is 43.1 Å². The summed E-state index contributed by atoms with van der Waals surface area (Å²) in [5.74, 6) is 1.71. The number of aromatic nitrogens is 1. The van der Waals surface area contributed by atoms with Crippen molar-refractivity contribution < 1.29 is 4.74 Å². The van der Waals surface area contributed by atoms with E-state index in [2.05, 4.69) is 28.3 Å². The second kappa shape index (κ2) is 8.78. The Labute approximate surface area is 138 Å². The van der Waals surface area contributed by atoms with E-state index in [-0.39, 0.29) is 0 Å². The molecule has 1 aromatic heterocycles. The van der Waals surface area contributed by atoms with Crippen LogP contribution in [0.25, 0.3) is 0 Å². The molecule has 0 aliphatic heterocycles. The lowest BCUT2D eigenvalue weighted by atomic mass is 10.2. The summed E-state index contributed by atoms with van der Waals surface area (Å²) in [7, 11) is 3.77. The van der Waals surface area contributed by atoms with Crippen LogP contribution in [0, 0.1) is 6.92 Å². The van der Waals surface area contributed by atoms with Crippen LogP contribution in [0.3, 0.4) is 0 Å². The zero-order valence-electron chi connectivity index (χ0n) is 14.0. The molecule has 2 aromatic rings. The Balaban J connectivity index is 1.80. The van der Waals surface area contributed by atoms with Gasteiger partial charge in [0.2, 0.25) is 0 Å². The Morgan fingerprint density at radius 1 is 1.22 bits per heavy atom. The summed E-state index contributed by atoms with van der Waals surface area (Å²) < 4.78 is 5.72. The lowest BCUT2D eigenvalue weighted by molar-refractivity contribution is 0.281. The van der Waals surface area contributed by atoms with E-state index in [0.29, 0.717) is 13.2 Å². The first-order valence-electron chi connectivity index (χ1n) is 7.71. The number of nitrogens with one attached hydrogen (secondary N) is 1. The topological polar surface area (TPSA) is 49.8 Å². The van der Waals surface area contributed by atoms with Crippen LogP contribution in [0.2, 0.25) is 0 Å². The zero-order chi connectivity index (χ0) is 16.5. The summed E-state index contributed by atoms with van der Waals surface area (Å²) in [6.45, 7) is 4.06. The molecular formula is C18H24N4O. The highest BCUT2D eigenvalue weighted by molar-refractivity contribution is 5.79. The smallest absolute Gasteiger partial charge is 0.193 e. The van der Waals surface area contributed by atoms with Gasteiger partial charge in [-0.25, -0.2) is 0 Å². The minimum absolute atomic E-state index is 0.601. The SMILES string of the molecule is CN=C(NCc1ncccc1C)N(C)CCOc1ccccc1. The van der Waals surface area contributed by atoms with Gasteiger partial charge in [-0.1, -0.05) is 24.3 Å². The minimum Gasteiger partial charge on any atom is -0.492 e. The lowest BCUT2D eigenvalue weighted by Crippen LogP contribution is -2.40. The van der Waals surface area contributed by atoms with Gasteiger partial charge in [-0.2, -0.15) is 0 Å². The van der Waals surface area contributed by atoms with Crippen molar-refractivity contribution in [2.75, 3.05) is 27.2 Å². The molecule has 0 radical (unpaired) electrons. The molecule has 1 aromatic carbocycles. The van der Waals surface area contributed by atoms with Crippen molar-refractivity contribution in [3.8, 4) is 5.75 Å². The minimum atomic E-state index is 0.601. The molecule has 1 heterocycles. The third kappa shape index (κ3) is 5.29. The van der Waals surface area contributed by atoms with Gasteiger partial charge in [-0.15, -0.1) is 0 Å². The summed E-state index contributed by atoms with van der Waals surface area (Å²) in [4.78, 5) is 10.7. The molecule has 0 aliphatic carbocycles. The van der Waals surface area contributed by atoms with Crippen LogP contribution < -0.4 is 10.1 Å². The highest BCUT2D eigenvalue weighted by Crippen LogP contribution is 2.08. The molecule has 0 fully saturated rings. The Kier molecular flexibility index (Phi) is 6.41. The maximum absolute atomic E-state index is 5.72. The second-order valence-corrected chi connectivity index (χ2v) is 5.25. The van der Waals surface area contributed by atoms with Gasteiger partial charge in [-0.3, -0.25) is 9.98 Å². The summed E-state index contributed by atoms with van der Waals surface area (Å²) in [5.41, 5.74) is 2.20. The number of likely N-dealkylation sites (N-methyl/N-ethyl adjacent to an activating group) is 1. The van der Waals surface area contributed by atoms with Crippen molar-refractivity contribution in [3.05, 3.63) is 59.9 Å². The van der Waals surface area contributed by atoms with Gasteiger partial charge in [0.15, 0.2) is 5.96 Å². The number of para-hydroxylation sites is 1. The average molecular weight is 312 g/mol. The van der Waals surface area contributed by atoms with E-state index in [4.69, 9.17) is 4.74 Å². The molecular weight excluding hydrogens is 288 g/mol. The number of guanidine groups is 1. The highest BCUT2D eigenvalue weighted by Gasteiger charge is 2.07. The van der Waals surface area contributed by atoms with E-state index in [1.54, 1.807) is 7.05 Å². The van der Waals surface area contributed by atoms with E-state index in [0.717, 1.165) is 23.9 Å². The van der Waals surface area contributed by atoms with Gasteiger partial charge >= 0.3 is 0 Å². The Morgan fingerprint density at radius 2 is 2.00 bits per heavy atom. The fraction of sp³-hybridized carbons (Fsp3) is 0.333. The van der Waals surface area contributed by atoms with Crippen molar-refractivity contribution >= 4 is 5.96 Å². The van der Waals surface area contributed by atoms with Crippen LogP contribution >= 0.6 is 0 Å². The van der Waals surface area contributed by atoms with Gasteiger partial charge in [-0.05, 0) is 30.7 Å².